The largest absolute Gasteiger partial charge is 0.496 e. The van der Waals surface area contributed by atoms with Crippen molar-refractivity contribution in [3.05, 3.63) is 63.1 Å². The van der Waals surface area contributed by atoms with Gasteiger partial charge in [-0.1, -0.05) is 41.4 Å². The molecular weight excluding hydrogens is 333 g/mol. The molecule has 0 heterocycles. The topological polar surface area (TPSA) is 38.3 Å². The molecule has 1 amide bonds. The molecule has 0 bridgehead atoms. The summed E-state index contributed by atoms with van der Waals surface area (Å²) >= 11 is 11.9. The minimum atomic E-state index is -0.00973. The molecule has 2 aromatic carbocycles. The second kappa shape index (κ2) is 8.23. The van der Waals surface area contributed by atoms with Crippen molar-refractivity contribution in [3.63, 3.8) is 0 Å². The van der Waals surface area contributed by atoms with E-state index in [2.05, 4.69) is 5.32 Å². The zero-order valence-corrected chi connectivity index (χ0v) is 14.7. The lowest BCUT2D eigenvalue weighted by atomic mass is 10.1. The summed E-state index contributed by atoms with van der Waals surface area (Å²) in [5, 5.41) is 4.02. The number of rotatable bonds is 6. The number of carbonyl (C=O) groups excluding carboxylic acids is 1. The smallest absolute Gasteiger partial charge is 0.220 e. The third kappa shape index (κ3) is 5.15. The Kier molecular flexibility index (Phi) is 6.31. The highest BCUT2D eigenvalue weighted by Crippen LogP contribution is 2.21. The maximum atomic E-state index is 12.0. The van der Waals surface area contributed by atoms with Crippen LogP contribution >= 0.6 is 23.2 Å². The quantitative estimate of drug-likeness (QED) is 0.828. The molecule has 0 radical (unpaired) electrons. The number of hydrogen-bond donors (Lipinski definition) is 1. The highest BCUT2D eigenvalue weighted by molar-refractivity contribution is 6.35. The first kappa shape index (κ1) is 17.6. The summed E-state index contributed by atoms with van der Waals surface area (Å²) in [4.78, 5) is 12.0. The van der Waals surface area contributed by atoms with Gasteiger partial charge in [-0.3, -0.25) is 4.79 Å². The summed E-state index contributed by atoms with van der Waals surface area (Å²) < 4.78 is 5.23. The van der Waals surface area contributed by atoms with E-state index in [0.717, 1.165) is 22.4 Å². The van der Waals surface area contributed by atoms with Crippen molar-refractivity contribution in [2.24, 2.45) is 0 Å². The molecule has 5 heteroatoms. The van der Waals surface area contributed by atoms with E-state index in [1.165, 1.54) is 0 Å². The van der Waals surface area contributed by atoms with Crippen LogP contribution in [0, 0.1) is 6.92 Å². The van der Waals surface area contributed by atoms with E-state index in [1.807, 2.05) is 31.2 Å². The lowest BCUT2D eigenvalue weighted by molar-refractivity contribution is -0.121. The molecule has 0 saturated carbocycles. The minimum Gasteiger partial charge on any atom is -0.496 e. The number of nitrogens with one attached hydrogen (secondary N) is 1. The average molecular weight is 352 g/mol. The van der Waals surface area contributed by atoms with Gasteiger partial charge in [-0.25, -0.2) is 0 Å². The van der Waals surface area contributed by atoms with Crippen LogP contribution in [0.1, 0.15) is 23.1 Å². The molecule has 0 spiro atoms. The number of ether oxygens (including phenoxy) is 1. The molecule has 0 fully saturated rings. The Morgan fingerprint density at radius 3 is 2.61 bits per heavy atom. The standard InChI is InChI=1S/C18H19Cl2NO2/c1-12-9-13(3-7-17(12)23-2)4-8-18(22)21-11-14-5-6-15(19)10-16(14)20/h3,5-7,9-10H,4,8,11H2,1-2H3,(H,21,22). The van der Waals surface area contributed by atoms with E-state index in [4.69, 9.17) is 27.9 Å². The lowest BCUT2D eigenvalue weighted by Gasteiger charge is -2.09. The minimum absolute atomic E-state index is 0.00973. The Labute approximate surface area is 146 Å². The van der Waals surface area contributed by atoms with E-state index >= 15 is 0 Å². The van der Waals surface area contributed by atoms with Gasteiger partial charge in [-0.2, -0.15) is 0 Å². The van der Waals surface area contributed by atoms with Gasteiger partial charge in [-0.15, -0.1) is 0 Å². The molecule has 23 heavy (non-hydrogen) atoms. The van der Waals surface area contributed by atoms with Crippen LogP contribution in [0.2, 0.25) is 10.0 Å². The van der Waals surface area contributed by atoms with Gasteiger partial charge in [0.25, 0.3) is 0 Å². The maximum absolute atomic E-state index is 12.0. The normalized spacial score (nSPS) is 10.4. The summed E-state index contributed by atoms with van der Waals surface area (Å²) in [6.45, 7) is 2.39. The molecule has 2 aromatic rings. The van der Waals surface area contributed by atoms with Crippen molar-refractivity contribution in [2.45, 2.75) is 26.3 Å². The predicted molar refractivity (Wildman–Crippen MR) is 94.4 cm³/mol. The van der Waals surface area contributed by atoms with E-state index in [1.54, 1.807) is 19.2 Å². The van der Waals surface area contributed by atoms with Gasteiger partial charge in [-0.05, 0) is 48.2 Å². The average Bonchev–Trinajstić information content (AvgIpc) is 2.52. The fourth-order valence-electron chi connectivity index (χ4n) is 2.30. The van der Waals surface area contributed by atoms with Gasteiger partial charge in [0.05, 0.1) is 7.11 Å². The molecule has 0 aliphatic carbocycles. The van der Waals surface area contributed by atoms with E-state index < -0.39 is 0 Å². The van der Waals surface area contributed by atoms with Gasteiger partial charge in [0, 0.05) is 23.0 Å². The first-order valence-corrected chi connectivity index (χ1v) is 8.09. The molecule has 0 aliphatic rings. The number of carbonyl (C=O) groups is 1. The molecule has 0 aromatic heterocycles. The van der Waals surface area contributed by atoms with Gasteiger partial charge >= 0.3 is 0 Å². The molecule has 0 aliphatic heterocycles. The monoisotopic (exact) mass is 351 g/mol. The summed E-state index contributed by atoms with van der Waals surface area (Å²) in [7, 11) is 1.65. The van der Waals surface area contributed by atoms with Crippen LogP contribution in [0.4, 0.5) is 0 Å². The van der Waals surface area contributed by atoms with Gasteiger partial charge in [0.2, 0.25) is 5.91 Å². The Hall–Kier alpha value is -1.71. The Balaban J connectivity index is 1.84. The third-order valence-corrected chi connectivity index (χ3v) is 4.18. The van der Waals surface area contributed by atoms with Crippen molar-refractivity contribution < 1.29 is 9.53 Å². The lowest BCUT2D eigenvalue weighted by Crippen LogP contribution is -2.23. The van der Waals surface area contributed by atoms with E-state index in [-0.39, 0.29) is 5.91 Å². The van der Waals surface area contributed by atoms with Crippen LogP contribution in [0.25, 0.3) is 0 Å². The SMILES string of the molecule is COc1ccc(CCC(=O)NCc2ccc(Cl)cc2Cl)cc1C. The molecule has 0 atom stereocenters. The summed E-state index contributed by atoms with van der Waals surface area (Å²) in [6.07, 6.45) is 1.11. The second-order valence-electron chi connectivity index (χ2n) is 5.32. The number of methoxy groups -OCH3 is 1. The highest BCUT2D eigenvalue weighted by Gasteiger charge is 2.06. The van der Waals surface area contributed by atoms with Crippen LogP contribution in [0.15, 0.2) is 36.4 Å². The fraction of sp³-hybridized carbons (Fsp3) is 0.278. The van der Waals surface area contributed by atoms with Crippen LogP contribution < -0.4 is 10.1 Å². The summed E-state index contributed by atoms with van der Waals surface area (Å²) in [6, 6.07) is 11.2. The zero-order valence-electron chi connectivity index (χ0n) is 13.2. The van der Waals surface area contributed by atoms with Crippen molar-refractivity contribution in [1.82, 2.24) is 5.32 Å². The van der Waals surface area contributed by atoms with Gasteiger partial charge < -0.3 is 10.1 Å². The predicted octanol–water partition coefficient (Wildman–Crippen LogP) is 4.56. The summed E-state index contributed by atoms with van der Waals surface area (Å²) in [5.74, 6) is 0.847. The fourth-order valence-corrected chi connectivity index (χ4v) is 2.78. The summed E-state index contributed by atoms with van der Waals surface area (Å²) in [5.41, 5.74) is 3.03. The first-order chi connectivity index (χ1) is 11.0. The molecule has 122 valence electrons. The van der Waals surface area contributed by atoms with Crippen molar-refractivity contribution in [1.29, 1.82) is 0 Å². The van der Waals surface area contributed by atoms with E-state index in [0.29, 0.717) is 29.4 Å². The molecule has 0 unspecified atom stereocenters. The van der Waals surface area contributed by atoms with Crippen LogP contribution in [-0.2, 0) is 17.8 Å². The van der Waals surface area contributed by atoms with Crippen molar-refractivity contribution in [3.8, 4) is 5.75 Å². The van der Waals surface area contributed by atoms with E-state index in [9.17, 15) is 4.79 Å². The van der Waals surface area contributed by atoms with Gasteiger partial charge in [0.15, 0.2) is 0 Å². The molecular formula is C18H19Cl2NO2. The molecule has 2 rings (SSSR count). The number of hydrogen-bond acceptors (Lipinski definition) is 2. The molecule has 0 saturated heterocycles. The number of amides is 1. The van der Waals surface area contributed by atoms with Crippen molar-refractivity contribution in [2.75, 3.05) is 7.11 Å². The Morgan fingerprint density at radius 1 is 1.17 bits per heavy atom. The zero-order chi connectivity index (χ0) is 16.8. The van der Waals surface area contributed by atoms with Crippen LogP contribution in [0.5, 0.6) is 5.75 Å². The molecule has 3 nitrogen and oxygen atoms in total. The van der Waals surface area contributed by atoms with Crippen LogP contribution in [0.3, 0.4) is 0 Å². The third-order valence-electron chi connectivity index (χ3n) is 3.59. The number of aryl methyl sites for hydroxylation is 2. The van der Waals surface area contributed by atoms with Gasteiger partial charge in [0.1, 0.15) is 5.75 Å². The first-order valence-electron chi connectivity index (χ1n) is 7.33. The highest BCUT2D eigenvalue weighted by atomic mass is 35.5. The number of benzene rings is 2. The maximum Gasteiger partial charge on any atom is 0.220 e. The Bertz CT molecular complexity index is 701. The van der Waals surface area contributed by atoms with Crippen molar-refractivity contribution >= 4 is 29.1 Å². The molecule has 1 N–H and O–H groups in total. The second-order valence-corrected chi connectivity index (χ2v) is 6.16. The Morgan fingerprint density at radius 2 is 1.96 bits per heavy atom. The van der Waals surface area contributed by atoms with Crippen LogP contribution in [-0.4, -0.2) is 13.0 Å². The number of halogens is 2.